The minimum atomic E-state index is -1.41. The Bertz CT molecular complexity index is 372. The Morgan fingerprint density at radius 1 is 1.20 bits per heavy atom. The molecule has 1 fully saturated rings. The van der Waals surface area contributed by atoms with E-state index in [0.717, 1.165) is 32.1 Å². The molecule has 7 nitrogen and oxygen atoms in total. The number of urea groups is 1. The summed E-state index contributed by atoms with van der Waals surface area (Å²) >= 11 is 0. The smallest absolute Gasteiger partial charge is 0.326 e. The first kappa shape index (κ1) is 16.3. The predicted molar refractivity (Wildman–Crippen MR) is 71.4 cm³/mol. The average Bonchev–Trinajstić information content (AvgIpc) is 2.37. The molecule has 1 rings (SSSR count). The van der Waals surface area contributed by atoms with Gasteiger partial charge in [-0.25, -0.2) is 9.59 Å². The fraction of sp³-hybridized carbons (Fsp3) is 0.769. The first-order valence-electron chi connectivity index (χ1n) is 6.95. The largest absolute Gasteiger partial charge is 0.481 e. The zero-order valence-corrected chi connectivity index (χ0v) is 11.6. The number of carbonyl (C=O) groups excluding carboxylic acids is 1. The lowest BCUT2D eigenvalue weighted by molar-refractivity contribution is -0.145. The Labute approximate surface area is 117 Å². The molecule has 7 heteroatoms. The van der Waals surface area contributed by atoms with Gasteiger partial charge in [0.15, 0.2) is 0 Å². The van der Waals surface area contributed by atoms with Crippen LogP contribution in [0.2, 0.25) is 0 Å². The quantitative estimate of drug-likeness (QED) is 0.585. The maximum Gasteiger partial charge on any atom is 0.326 e. The van der Waals surface area contributed by atoms with E-state index in [9.17, 15) is 14.4 Å². The number of carboxylic acid groups (broad SMARTS) is 2. The molecule has 0 spiro atoms. The molecule has 1 aliphatic carbocycles. The Balaban J connectivity index is 2.51. The Morgan fingerprint density at radius 3 is 2.40 bits per heavy atom. The molecule has 0 heterocycles. The van der Waals surface area contributed by atoms with Crippen LogP contribution in [0.1, 0.15) is 45.4 Å². The van der Waals surface area contributed by atoms with Gasteiger partial charge in [-0.1, -0.05) is 26.2 Å². The maximum atomic E-state index is 11.8. The first-order chi connectivity index (χ1) is 9.43. The van der Waals surface area contributed by atoms with Crippen LogP contribution in [0.25, 0.3) is 0 Å². The van der Waals surface area contributed by atoms with Crippen LogP contribution in [0.5, 0.6) is 0 Å². The van der Waals surface area contributed by atoms with Gasteiger partial charge in [-0.3, -0.25) is 4.79 Å². The van der Waals surface area contributed by atoms with Crippen LogP contribution in [0, 0.1) is 5.92 Å². The fourth-order valence-electron chi connectivity index (χ4n) is 2.63. The molecular weight excluding hydrogens is 264 g/mol. The van der Waals surface area contributed by atoms with Gasteiger partial charge in [0.05, 0.1) is 6.42 Å². The van der Waals surface area contributed by atoms with E-state index < -0.39 is 30.4 Å². The molecule has 0 radical (unpaired) electrons. The molecule has 0 bridgehead atoms. The van der Waals surface area contributed by atoms with Crippen LogP contribution in [0.15, 0.2) is 0 Å². The number of hydrogen-bond acceptors (Lipinski definition) is 3. The minimum absolute atomic E-state index is 0.0352. The summed E-state index contributed by atoms with van der Waals surface area (Å²) in [6, 6.07) is -1.98. The van der Waals surface area contributed by atoms with Crippen molar-refractivity contribution >= 4 is 18.0 Å². The topological polar surface area (TPSA) is 116 Å². The van der Waals surface area contributed by atoms with E-state index in [1.54, 1.807) is 0 Å². The SMILES string of the molecule is CCC1CCCCC1NC(=O)N[C@@H](CC(=O)O)C(=O)O. The van der Waals surface area contributed by atoms with Crippen molar-refractivity contribution in [2.24, 2.45) is 5.92 Å². The maximum absolute atomic E-state index is 11.8. The van der Waals surface area contributed by atoms with E-state index in [-0.39, 0.29) is 6.04 Å². The molecule has 2 unspecified atom stereocenters. The Hall–Kier alpha value is -1.79. The average molecular weight is 286 g/mol. The molecule has 1 saturated carbocycles. The van der Waals surface area contributed by atoms with Gasteiger partial charge in [-0.15, -0.1) is 0 Å². The van der Waals surface area contributed by atoms with Crippen molar-refractivity contribution in [2.75, 3.05) is 0 Å². The number of hydrogen-bond donors (Lipinski definition) is 4. The second-order valence-corrected chi connectivity index (χ2v) is 5.17. The summed E-state index contributed by atoms with van der Waals surface area (Å²) in [6.45, 7) is 2.06. The van der Waals surface area contributed by atoms with Crippen LogP contribution < -0.4 is 10.6 Å². The molecule has 4 N–H and O–H groups in total. The fourth-order valence-corrected chi connectivity index (χ4v) is 2.63. The molecule has 20 heavy (non-hydrogen) atoms. The first-order valence-corrected chi connectivity index (χ1v) is 6.95. The summed E-state index contributed by atoms with van der Waals surface area (Å²) < 4.78 is 0. The molecule has 0 aromatic rings. The molecule has 0 aromatic heterocycles. The third-order valence-electron chi connectivity index (χ3n) is 3.73. The summed E-state index contributed by atoms with van der Waals surface area (Å²) in [4.78, 5) is 33.2. The third-order valence-corrected chi connectivity index (χ3v) is 3.73. The number of carboxylic acids is 2. The zero-order valence-electron chi connectivity index (χ0n) is 11.6. The molecular formula is C13H22N2O5. The lowest BCUT2D eigenvalue weighted by Crippen LogP contribution is -2.51. The van der Waals surface area contributed by atoms with Crippen molar-refractivity contribution in [1.82, 2.24) is 10.6 Å². The van der Waals surface area contributed by atoms with E-state index in [0.29, 0.717) is 5.92 Å². The summed E-state index contributed by atoms with van der Waals surface area (Å²) in [6.07, 6.45) is 4.45. The normalized spacial score (nSPS) is 23.6. The predicted octanol–water partition coefficient (Wildman–Crippen LogP) is 1.18. The van der Waals surface area contributed by atoms with Crippen LogP contribution >= 0.6 is 0 Å². The van der Waals surface area contributed by atoms with Crippen molar-refractivity contribution in [3.8, 4) is 0 Å². The standard InChI is InChI=1S/C13H22N2O5/c1-2-8-5-3-4-6-9(8)14-13(20)15-10(12(18)19)7-11(16)17/h8-10H,2-7H2,1H3,(H,16,17)(H,18,19)(H2,14,15,20)/t8?,9?,10-/m0/s1. The molecule has 1 aliphatic rings. The molecule has 114 valence electrons. The second kappa shape index (κ2) is 7.72. The van der Waals surface area contributed by atoms with Gasteiger partial charge in [0.25, 0.3) is 0 Å². The van der Waals surface area contributed by atoms with Crippen LogP contribution in [0.4, 0.5) is 4.79 Å². The Morgan fingerprint density at radius 2 is 1.85 bits per heavy atom. The number of rotatable bonds is 6. The molecule has 2 amide bonds. The van der Waals surface area contributed by atoms with E-state index in [2.05, 4.69) is 17.6 Å². The zero-order chi connectivity index (χ0) is 15.1. The van der Waals surface area contributed by atoms with Gasteiger partial charge in [0.2, 0.25) is 0 Å². The van der Waals surface area contributed by atoms with Crippen molar-refractivity contribution in [3.63, 3.8) is 0 Å². The number of carbonyl (C=O) groups is 3. The van der Waals surface area contributed by atoms with Crippen molar-refractivity contribution in [2.45, 2.75) is 57.5 Å². The van der Waals surface area contributed by atoms with Crippen LogP contribution in [0.3, 0.4) is 0 Å². The van der Waals surface area contributed by atoms with Crippen molar-refractivity contribution in [3.05, 3.63) is 0 Å². The summed E-state index contributed by atoms with van der Waals surface area (Å²) in [5.41, 5.74) is 0. The monoisotopic (exact) mass is 286 g/mol. The van der Waals surface area contributed by atoms with Gasteiger partial charge < -0.3 is 20.8 Å². The molecule has 0 aliphatic heterocycles. The van der Waals surface area contributed by atoms with Gasteiger partial charge >= 0.3 is 18.0 Å². The number of nitrogens with one attached hydrogen (secondary N) is 2. The molecule has 0 aromatic carbocycles. The summed E-state index contributed by atoms with van der Waals surface area (Å²) in [5, 5.41) is 22.5. The molecule has 0 saturated heterocycles. The van der Waals surface area contributed by atoms with E-state index in [1.165, 1.54) is 0 Å². The van der Waals surface area contributed by atoms with Gasteiger partial charge in [0.1, 0.15) is 6.04 Å². The van der Waals surface area contributed by atoms with E-state index in [4.69, 9.17) is 10.2 Å². The van der Waals surface area contributed by atoms with E-state index in [1.807, 2.05) is 0 Å². The second-order valence-electron chi connectivity index (χ2n) is 5.17. The molecule has 3 atom stereocenters. The lowest BCUT2D eigenvalue weighted by Gasteiger charge is -2.31. The highest BCUT2D eigenvalue weighted by Gasteiger charge is 2.27. The van der Waals surface area contributed by atoms with Crippen LogP contribution in [-0.4, -0.2) is 40.3 Å². The third kappa shape index (κ3) is 5.07. The summed E-state index contributed by atoms with van der Waals surface area (Å²) in [7, 11) is 0. The van der Waals surface area contributed by atoms with Gasteiger partial charge in [-0.05, 0) is 18.8 Å². The highest BCUT2D eigenvalue weighted by atomic mass is 16.4. The van der Waals surface area contributed by atoms with Gasteiger partial charge in [-0.2, -0.15) is 0 Å². The minimum Gasteiger partial charge on any atom is -0.481 e. The Kier molecular flexibility index (Phi) is 6.27. The highest BCUT2D eigenvalue weighted by Crippen LogP contribution is 2.26. The van der Waals surface area contributed by atoms with Crippen LogP contribution in [-0.2, 0) is 9.59 Å². The van der Waals surface area contributed by atoms with Crippen molar-refractivity contribution < 1.29 is 24.6 Å². The highest BCUT2D eigenvalue weighted by molar-refractivity contribution is 5.86. The van der Waals surface area contributed by atoms with Crippen molar-refractivity contribution in [1.29, 1.82) is 0 Å². The number of aliphatic carboxylic acids is 2. The number of amides is 2. The lowest BCUT2D eigenvalue weighted by atomic mass is 9.83. The summed E-state index contributed by atoms with van der Waals surface area (Å²) in [5.74, 6) is -2.21. The van der Waals surface area contributed by atoms with Gasteiger partial charge in [0, 0.05) is 6.04 Å². The van der Waals surface area contributed by atoms with E-state index >= 15 is 0 Å².